The number of ether oxygens (including phenoxy) is 3. The minimum absolute atomic E-state index is 0.0596. The van der Waals surface area contributed by atoms with Crippen molar-refractivity contribution in [3.05, 3.63) is 57.9 Å². The van der Waals surface area contributed by atoms with E-state index in [-0.39, 0.29) is 43.4 Å². The van der Waals surface area contributed by atoms with Crippen LogP contribution in [0.4, 0.5) is 23.7 Å². The molecule has 12 heteroatoms. The number of amides is 3. The lowest BCUT2D eigenvalue weighted by Gasteiger charge is -2.17. The van der Waals surface area contributed by atoms with Crippen molar-refractivity contribution in [3.8, 4) is 17.2 Å². The van der Waals surface area contributed by atoms with E-state index in [1.165, 1.54) is 21.9 Å². The molecule has 40 heavy (non-hydrogen) atoms. The van der Waals surface area contributed by atoms with Crippen molar-refractivity contribution < 1.29 is 41.4 Å². The van der Waals surface area contributed by atoms with E-state index in [1.807, 2.05) is 6.92 Å². The molecule has 1 saturated heterocycles. The number of hydrogen-bond donors (Lipinski definition) is 0. The van der Waals surface area contributed by atoms with Gasteiger partial charge in [-0.25, -0.2) is 9.59 Å². The molecule has 2 aromatic carbocycles. The first kappa shape index (κ1) is 27.4. The summed E-state index contributed by atoms with van der Waals surface area (Å²) >= 11 is 0. The lowest BCUT2D eigenvalue weighted by molar-refractivity contribution is -0.136. The van der Waals surface area contributed by atoms with Gasteiger partial charge in [-0.3, -0.25) is 14.6 Å². The standard InChI is InChI=1S/C28H27F3N2O7/c1-2-6-19-21(10-8-18-20(28(29,30)31)14-25(35)40-26(18)19)37-12-5-3-4-11-32-24(34)15-33(27(32)36)17-7-9-22-23(13-17)39-16-38-22/h7-10,13-14H,2-6,11-12,15-16H2,1H3. The fourth-order valence-electron chi connectivity index (χ4n) is 4.87. The second-order valence-electron chi connectivity index (χ2n) is 9.51. The van der Waals surface area contributed by atoms with E-state index in [0.29, 0.717) is 66.7 Å². The number of halogens is 3. The molecule has 3 heterocycles. The van der Waals surface area contributed by atoms with Gasteiger partial charge in [0.15, 0.2) is 11.5 Å². The second-order valence-corrected chi connectivity index (χ2v) is 9.51. The van der Waals surface area contributed by atoms with Gasteiger partial charge in [-0.15, -0.1) is 0 Å². The molecular weight excluding hydrogens is 533 g/mol. The lowest BCUT2D eigenvalue weighted by atomic mass is 10.0. The van der Waals surface area contributed by atoms with Gasteiger partial charge in [-0.1, -0.05) is 13.3 Å². The summed E-state index contributed by atoms with van der Waals surface area (Å²) in [6.07, 6.45) is -1.94. The van der Waals surface area contributed by atoms with E-state index in [2.05, 4.69) is 0 Å². The van der Waals surface area contributed by atoms with E-state index in [0.717, 1.165) is 0 Å². The maximum atomic E-state index is 13.5. The molecule has 3 aromatic rings. The molecule has 9 nitrogen and oxygen atoms in total. The van der Waals surface area contributed by atoms with Gasteiger partial charge >= 0.3 is 17.8 Å². The van der Waals surface area contributed by atoms with Crippen LogP contribution in [0.2, 0.25) is 0 Å². The molecule has 2 aliphatic heterocycles. The summed E-state index contributed by atoms with van der Waals surface area (Å²) in [5, 5.41) is -0.183. The van der Waals surface area contributed by atoms with E-state index < -0.39 is 23.4 Å². The zero-order valence-corrected chi connectivity index (χ0v) is 21.7. The zero-order chi connectivity index (χ0) is 28.4. The van der Waals surface area contributed by atoms with Crippen LogP contribution in [0.1, 0.15) is 43.7 Å². The number of fused-ring (bicyclic) bond motifs is 2. The average molecular weight is 561 g/mol. The highest BCUT2D eigenvalue weighted by atomic mass is 19.4. The Morgan fingerprint density at radius 3 is 2.55 bits per heavy atom. The molecule has 1 fully saturated rings. The fraction of sp³-hybridized carbons (Fsp3) is 0.393. The van der Waals surface area contributed by atoms with E-state index in [4.69, 9.17) is 18.6 Å². The average Bonchev–Trinajstić information content (AvgIpc) is 3.49. The van der Waals surface area contributed by atoms with Gasteiger partial charge in [-0.05, 0) is 49.9 Å². The Kier molecular flexibility index (Phi) is 7.59. The molecule has 0 atom stereocenters. The third kappa shape index (κ3) is 5.43. The van der Waals surface area contributed by atoms with Crippen LogP contribution in [0.25, 0.3) is 11.0 Å². The van der Waals surface area contributed by atoms with Gasteiger partial charge < -0.3 is 18.6 Å². The summed E-state index contributed by atoms with van der Waals surface area (Å²) in [5.41, 5.74) is -1.25. The summed E-state index contributed by atoms with van der Waals surface area (Å²) in [5.74, 6) is 1.18. The minimum Gasteiger partial charge on any atom is -0.493 e. The number of carbonyl (C=O) groups excluding carboxylic acids is 2. The summed E-state index contributed by atoms with van der Waals surface area (Å²) < 4.78 is 62.1. The van der Waals surface area contributed by atoms with Crippen LogP contribution in [0.5, 0.6) is 17.2 Å². The molecule has 0 unspecified atom stereocenters. The van der Waals surface area contributed by atoms with Crippen LogP contribution in [-0.4, -0.2) is 43.3 Å². The van der Waals surface area contributed by atoms with E-state index in [1.54, 1.807) is 18.2 Å². The van der Waals surface area contributed by atoms with Crippen molar-refractivity contribution >= 4 is 28.6 Å². The van der Waals surface area contributed by atoms with E-state index in [9.17, 15) is 27.6 Å². The van der Waals surface area contributed by atoms with Gasteiger partial charge in [0.1, 0.15) is 17.9 Å². The van der Waals surface area contributed by atoms with Gasteiger partial charge in [0.05, 0.1) is 12.2 Å². The SMILES string of the molecule is CCCc1c(OCCCCCN2C(=O)CN(c3ccc4c(c3)OCO4)C2=O)ccc2c(C(F)(F)F)cc(=O)oc12. The molecule has 1 aromatic heterocycles. The molecular formula is C28H27F3N2O7. The molecule has 0 N–H and O–H groups in total. The largest absolute Gasteiger partial charge is 0.493 e. The van der Waals surface area contributed by atoms with Crippen molar-refractivity contribution in [2.24, 2.45) is 0 Å². The highest BCUT2D eigenvalue weighted by Gasteiger charge is 2.37. The lowest BCUT2D eigenvalue weighted by Crippen LogP contribution is -2.33. The maximum Gasteiger partial charge on any atom is 0.417 e. The minimum atomic E-state index is -4.69. The van der Waals surface area contributed by atoms with Crippen molar-refractivity contribution in [1.82, 2.24) is 4.90 Å². The number of hydrogen-bond acceptors (Lipinski definition) is 7. The van der Waals surface area contributed by atoms with Crippen molar-refractivity contribution in [2.75, 3.05) is 31.4 Å². The summed E-state index contributed by atoms with van der Waals surface area (Å²) in [4.78, 5) is 39.9. The normalized spacial score (nSPS) is 15.0. The Labute approximate surface area is 227 Å². The first-order chi connectivity index (χ1) is 19.2. The van der Waals surface area contributed by atoms with E-state index >= 15 is 0 Å². The Bertz CT molecular complexity index is 1500. The number of carbonyl (C=O) groups is 2. The maximum absolute atomic E-state index is 13.5. The van der Waals surface area contributed by atoms with Crippen LogP contribution in [0, 0.1) is 0 Å². The molecule has 0 saturated carbocycles. The monoisotopic (exact) mass is 560 g/mol. The topological polar surface area (TPSA) is 98.5 Å². The highest BCUT2D eigenvalue weighted by Crippen LogP contribution is 2.38. The van der Waals surface area contributed by atoms with Gasteiger partial charge in [0.2, 0.25) is 6.79 Å². The Morgan fingerprint density at radius 2 is 1.77 bits per heavy atom. The quantitative estimate of drug-likeness (QED) is 0.183. The molecule has 0 bridgehead atoms. The summed E-state index contributed by atoms with van der Waals surface area (Å²) in [6, 6.07) is 7.85. The first-order valence-electron chi connectivity index (χ1n) is 13.0. The predicted molar refractivity (Wildman–Crippen MR) is 138 cm³/mol. The Hall–Kier alpha value is -4.22. The molecule has 212 valence electrons. The Balaban J connectivity index is 1.16. The van der Waals surface area contributed by atoms with Crippen LogP contribution in [0.3, 0.4) is 0 Å². The number of unbranched alkanes of at least 4 members (excludes halogenated alkanes) is 2. The number of aryl methyl sites for hydroxylation is 1. The molecule has 0 aliphatic carbocycles. The van der Waals surface area contributed by atoms with Gasteiger partial charge in [0, 0.05) is 35.3 Å². The van der Waals surface area contributed by atoms with Crippen molar-refractivity contribution in [2.45, 2.75) is 45.2 Å². The molecule has 0 spiro atoms. The zero-order valence-electron chi connectivity index (χ0n) is 21.7. The molecule has 5 rings (SSSR count). The molecule has 3 amide bonds. The predicted octanol–water partition coefficient (Wildman–Crippen LogP) is 5.51. The number of anilines is 1. The number of rotatable bonds is 10. The van der Waals surface area contributed by atoms with Crippen LogP contribution >= 0.6 is 0 Å². The van der Waals surface area contributed by atoms with Crippen molar-refractivity contribution in [3.63, 3.8) is 0 Å². The van der Waals surface area contributed by atoms with Gasteiger partial charge in [0.25, 0.3) is 5.91 Å². The summed E-state index contributed by atoms with van der Waals surface area (Å²) in [7, 11) is 0. The van der Waals surface area contributed by atoms with Crippen molar-refractivity contribution in [1.29, 1.82) is 0 Å². The number of alkyl halides is 3. The summed E-state index contributed by atoms with van der Waals surface area (Å²) in [6.45, 7) is 2.42. The van der Waals surface area contributed by atoms with Crippen LogP contribution in [-0.2, 0) is 17.4 Å². The second kappa shape index (κ2) is 11.1. The van der Waals surface area contributed by atoms with Gasteiger partial charge in [-0.2, -0.15) is 13.2 Å². The van der Waals surface area contributed by atoms with Crippen LogP contribution in [0.15, 0.2) is 45.6 Å². The smallest absolute Gasteiger partial charge is 0.417 e. The third-order valence-electron chi connectivity index (χ3n) is 6.79. The number of urea groups is 1. The first-order valence-corrected chi connectivity index (χ1v) is 13.0. The fourth-order valence-corrected chi connectivity index (χ4v) is 4.87. The molecule has 0 radical (unpaired) electrons. The van der Waals surface area contributed by atoms with Crippen LogP contribution < -0.4 is 24.7 Å². The number of benzene rings is 2. The highest BCUT2D eigenvalue weighted by molar-refractivity contribution is 6.12. The number of nitrogens with zero attached hydrogens (tertiary/aromatic N) is 2. The third-order valence-corrected chi connectivity index (χ3v) is 6.79. The Morgan fingerprint density at radius 1 is 0.975 bits per heavy atom. The number of imide groups is 1. The molecule has 2 aliphatic rings.